The summed E-state index contributed by atoms with van der Waals surface area (Å²) in [5.41, 5.74) is 2.83. The van der Waals surface area contributed by atoms with Crippen molar-refractivity contribution < 1.29 is 14.3 Å². The second-order valence-electron chi connectivity index (χ2n) is 7.49. The fraction of sp³-hybridized carbons (Fsp3) is 0.125. The minimum absolute atomic E-state index is 0.185. The number of nitrogens with zero attached hydrogens (tertiary/aromatic N) is 3. The molecule has 2 N–H and O–H groups in total. The summed E-state index contributed by atoms with van der Waals surface area (Å²) >= 11 is 5.72. The molecule has 1 aliphatic heterocycles. The number of nitrogens with one attached hydrogen (secondary N) is 1. The number of aromatic carboxylic acids is 1. The number of benzene rings is 1. The fourth-order valence-electron chi connectivity index (χ4n) is 4.13. The number of thiocarbonyl (C=S) groups is 1. The standard InChI is InChI=1S/C24H20N4O3S/c29-23(30)16-6-3-7-17(14-16)27-12-4-10-20(27)22-21(19-9-1-2-11-25-19)26-24(32)28(22)15-18-8-5-13-31-18/h1-14,21-22H,15H2,(H,26,32)(H,29,30). The van der Waals surface area contributed by atoms with E-state index < -0.39 is 5.97 Å². The van der Waals surface area contributed by atoms with Crippen LogP contribution in [0.25, 0.3) is 5.69 Å². The number of carboxylic acid groups (broad SMARTS) is 1. The Hall–Kier alpha value is -3.91. The normalized spacial score (nSPS) is 18.0. The van der Waals surface area contributed by atoms with Gasteiger partial charge in [-0.1, -0.05) is 12.1 Å². The predicted octanol–water partition coefficient (Wildman–Crippen LogP) is 4.34. The van der Waals surface area contributed by atoms with E-state index in [1.807, 2.05) is 59.3 Å². The lowest BCUT2D eigenvalue weighted by atomic mass is 10.0. The van der Waals surface area contributed by atoms with Gasteiger partial charge in [-0.05, 0) is 66.8 Å². The Morgan fingerprint density at radius 1 is 1.12 bits per heavy atom. The predicted molar refractivity (Wildman–Crippen MR) is 122 cm³/mol. The maximum absolute atomic E-state index is 11.5. The van der Waals surface area contributed by atoms with Gasteiger partial charge in [-0.25, -0.2) is 4.79 Å². The molecule has 1 saturated heterocycles. The van der Waals surface area contributed by atoms with E-state index in [2.05, 4.69) is 15.2 Å². The first-order chi connectivity index (χ1) is 15.6. The minimum atomic E-state index is -0.963. The van der Waals surface area contributed by atoms with Crippen LogP contribution in [0.1, 0.15) is 39.6 Å². The molecule has 7 nitrogen and oxygen atoms in total. The van der Waals surface area contributed by atoms with E-state index in [-0.39, 0.29) is 17.6 Å². The van der Waals surface area contributed by atoms with Gasteiger partial charge in [-0.2, -0.15) is 0 Å². The molecule has 4 heterocycles. The summed E-state index contributed by atoms with van der Waals surface area (Å²) in [4.78, 5) is 18.2. The van der Waals surface area contributed by atoms with Gasteiger partial charge in [-0.3, -0.25) is 4.98 Å². The van der Waals surface area contributed by atoms with E-state index in [0.717, 1.165) is 22.8 Å². The van der Waals surface area contributed by atoms with Crippen LogP contribution < -0.4 is 5.32 Å². The zero-order valence-corrected chi connectivity index (χ0v) is 17.8. The summed E-state index contributed by atoms with van der Waals surface area (Å²) in [5, 5.41) is 13.5. The van der Waals surface area contributed by atoms with Crippen LogP contribution in [-0.2, 0) is 6.54 Å². The molecule has 1 fully saturated rings. The third kappa shape index (κ3) is 3.65. The van der Waals surface area contributed by atoms with Crippen molar-refractivity contribution in [3.8, 4) is 5.69 Å². The van der Waals surface area contributed by atoms with Gasteiger partial charge < -0.3 is 24.3 Å². The van der Waals surface area contributed by atoms with Crippen LogP contribution in [-0.4, -0.2) is 30.6 Å². The van der Waals surface area contributed by atoms with Crippen LogP contribution >= 0.6 is 12.2 Å². The van der Waals surface area contributed by atoms with E-state index in [1.165, 1.54) is 0 Å². The fourth-order valence-corrected chi connectivity index (χ4v) is 4.43. The third-order valence-electron chi connectivity index (χ3n) is 5.56. The van der Waals surface area contributed by atoms with Crippen LogP contribution in [0.15, 0.2) is 89.8 Å². The highest BCUT2D eigenvalue weighted by atomic mass is 32.1. The van der Waals surface area contributed by atoms with Gasteiger partial charge in [0.05, 0.1) is 36.1 Å². The molecule has 5 rings (SSSR count). The monoisotopic (exact) mass is 444 g/mol. The van der Waals surface area contributed by atoms with Gasteiger partial charge in [0.2, 0.25) is 0 Å². The number of rotatable bonds is 6. The average Bonchev–Trinajstić information content (AvgIpc) is 3.56. The Balaban J connectivity index is 1.61. The Kier molecular flexibility index (Phi) is 5.20. The molecule has 2 unspecified atom stereocenters. The highest BCUT2D eigenvalue weighted by Crippen LogP contribution is 2.40. The Morgan fingerprint density at radius 2 is 2.03 bits per heavy atom. The minimum Gasteiger partial charge on any atom is -0.478 e. The van der Waals surface area contributed by atoms with E-state index in [4.69, 9.17) is 16.6 Å². The molecule has 1 aromatic carbocycles. The number of carbonyl (C=O) groups is 1. The second-order valence-corrected chi connectivity index (χ2v) is 7.88. The summed E-state index contributed by atoms with van der Waals surface area (Å²) in [5.74, 6) is -0.165. The van der Waals surface area contributed by atoms with Crippen LogP contribution in [0.3, 0.4) is 0 Å². The molecule has 160 valence electrons. The zero-order valence-electron chi connectivity index (χ0n) is 17.0. The second kappa shape index (κ2) is 8.32. The molecule has 4 aromatic rings. The molecule has 0 spiro atoms. The lowest BCUT2D eigenvalue weighted by Crippen LogP contribution is -2.29. The average molecular weight is 445 g/mol. The molecule has 1 aliphatic rings. The van der Waals surface area contributed by atoms with Crippen LogP contribution in [0, 0.1) is 0 Å². The number of pyridine rings is 1. The van der Waals surface area contributed by atoms with Crippen molar-refractivity contribution in [1.82, 2.24) is 19.8 Å². The van der Waals surface area contributed by atoms with Crippen LogP contribution in [0.4, 0.5) is 0 Å². The van der Waals surface area contributed by atoms with Gasteiger partial charge in [0.1, 0.15) is 5.76 Å². The summed E-state index contributed by atoms with van der Waals surface area (Å²) < 4.78 is 7.59. The summed E-state index contributed by atoms with van der Waals surface area (Å²) in [6.07, 6.45) is 5.34. The smallest absolute Gasteiger partial charge is 0.335 e. The molecule has 32 heavy (non-hydrogen) atoms. The van der Waals surface area contributed by atoms with Crippen LogP contribution in [0.2, 0.25) is 0 Å². The number of hydrogen-bond acceptors (Lipinski definition) is 4. The SMILES string of the molecule is O=C(O)c1cccc(-n2cccc2C2C(c3ccccn3)NC(=S)N2Cc2ccco2)c1. The number of aromatic nitrogens is 2. The third-order valence-corrected chi connectivity index (χ3v) is 5.91. The van der Waals surface area contributed by atoms with E-state index in [0.29, 0.717) is 11.7 Å². The van der Waals surface area contributed by atoms with Gasteiger partial charge in [0.25, 0.3) is 0 Å². The van der Waals surface area contributed by atoms with Crippen LogP contribution in [0.5, 0.6) is 0 Å². The van der Waals surface area contributed by atoms with E-state index in [1.54, 1.807) is 30.7 Å². The maximum atomic E-state index is 11.5. The molecule has 0 radical (unpaired) electrons. The zero-order chi connectivity index (χ0) is 22.1. The molecule has 0 bridgehead atoms. The van der Waals surface area contributed by atoms with Crippen molar-refractivity contribution in [2.24, 2.45) is 0 Å². The Labute approximate surface area is 189 Å². The Morgan fingerprint density at radius 3 is 2.78 bits per heavy atom. The van der Waals surface area contributed by atoms with Crippen molar-refractivity contribution in [3.05, 3.63) is 108 Å². The van der Waals surface area contributed by atoms with Crippen molar-refractivity contribution in [1.29, 1.82) is 0 Å². The molecule has 3 aromatic heterocycles. The van der Waals surface area contributed by atoms with Gasteiger partial charge >= 0.3 is 5.97 Å². The maximum Gasteiger partial charge on any atom is 0.335 e. The number of furan rings is 1. The summed E-state index contributed by atoms with van der Waals surface area (Å²) in [6.45, 7) is 0.493. The lowest BCUT2D eigenvalue weighted by molar-refractivity contribution is 0.0697. The molecule has 0 saturated carbocycles. The molecular weight excluding hydrogens is 424 g/mol. The first-order valence-corrected chi connectivity index (χ1v) is 10.5. The van der Waals surface area contributed by atoms with E-state index in [9.17, 15) is 9.90 Å². The Bertz CT molecular complexity index is 1250. The largest absolute Gasteiger partial charge is 0.478 e. The summed E-state index contributed by atoms with van der Waals surface area (Å²) in [7, 11) is 0. The van der Waals surface area contributed by atoms with Gasteiger partial charge in [-0.15, -0.1) is 0 Å². The number of carboxylic acids is 1. The quantitative estimate of drug-likeness (QED) is 0.428. The van der Waals surface area contributed by atoms with Crippen molar-refractivity contribution in [2.45, 2.75) is 18.6 Å². The molecule has 2 atom stereocenters. The first kappa shape index (κ1) is 20.0. The molecular formula is C24H20N4O3S. The summed E-state index contributed by atoms with van der Waals surface area (Å²) in [6, 6.07) is 20.1. The molecule has 0 amide bonds. The van der Waals surface area contributed by atoms with Crippen molar-refractivity contribution in [2.75, 3.05) is 0 Å². The number of hydrogen-bond donors (Lipinski definition) is 2. The first-order valence-electron chi connectivity index (χ1n) is 10.1. The molecule has 8 heteroatoms. The van der Waals surface area contributed by atoms with Gasteiger partial charge in [0, 0.05) is 23.8 Å². The van der Waals surface area contributed by atoms with Crippen molar-refractivity contribution >= 4 is 23.3 Å². The highest BCUT2D eigenvalue weighted by Gasteiger charge is 2.41. The van der Waals surface area contributed by atoms with Crippen molar-refractivity contribution in [3.63, 3.8) is 0 Å². The lowest BCUT2D eigenvalue weighted by Gasteiger charge is -2.28. The highest BCUT2D eigenvalue weighted by molar-refractivity contribution is 7.80. The topological polar surface area (TPSA) is 83.5 Å². The molecule has 0 aliphatic carbocycles. The van der Waals surface area contributed by atoms with Gasteiger partial charge in [0.15, 0.2) is 5.11 Å². The van der Waals surface area contributed by atoms with E-state index >= 15 is 0 Å².